The van der Waals surface area contributed by atoms with Crippen LogP contribution in [0.4, 0.5) is 0 Å². The lowest BCUT2D eigenvalue weighted by Gasteiger charge is -2.48. The first kappa shape index (κ1) is 10.9. The summed E-state index contributed by atoms with van der Waals surface area (Å²) in [5, 5.41) is 10.7. The van der Waals surface area contributed by atoms with Crippen molar-refractivity contribution in [3.8, 4) is 0 Å². The van der Waals surface area contributed by atoms with E-state index in [1.165, 1.54) is 25.7 Å². The van der Waals surface area contributed by atoms with E-state index in [4.69, 9.17) is 0 Å². The van der Waals surface area contributed by atoms with Crippen molar-refractivity contribution in [3.05, 3.63) is 24.8 Å². The number of hydrogen-bond donors (Lipinski definition) is 1. The fraction of sp³-hybridized carbons (Fsp3) is 0.714. The second-order valence-corrected chi connectivity index (χ2v) is 5.19. The van der Waals surface area contributed by atoms with Crippen molar-refractivity contribution >= 4 is 0 Å². The first-order valence-electron chi connectivity index (χ1n) is 6.21. The maximum absolute atomic E-state index is 10.7. The SMILES string of the molecule is C=CC[C@H]1CC[C@@H]2CCCCC2(O)C1=C. The molecule has 0 aromatic heterocycles. The number of hydrogen-bond acceptors (Lipinski definition) is 1. The minimum atomic E-state index is -0.538. The van der Waals surface area contributed by atoms with E-state index in [1.54, 1.807) is 0 Å². The molecule has 2 fully saturated rings. The quantitative estimate of drug-likeness (QED) is 0.686. The molecule has 1 nitrogen and oxygen atoms in total. The molecule has 1 heteroatoms. The molecule has 3 atom stereocenters. The molecule has 15 heavy (non-hydrogen) atoms. The molecule has 2 rings (SSSR count). The molecule has 0 aliphatic heterocycles. The molecule has 84 valence electrons. The van der Waals surface area contributed by atoms with Crippen LogP contribution in [0.5, 0.6) is 0 Å². The van der Waals surface area contributed by atoms with Gasteiger partial charge in [0.2, 0.25) is 0 Å². The smallest absolute Gasteiger partial charge is 0.0884 e. The van der Waals surface area contributed by atoms with Crippen LogP contribution in [0.2, 0.25) is 0 Å². The van der Waals surface area contributed by atoms with Crippen LogP contribution in [0.15, 0.2) is 24.8 Å². The molecule has 1 unspecified atom stereocenters. The molecule has 0 bridgehead atoms. The third-order valence-electron chi connectivity index (χ3n) is 4.40. The average Bonchev–Trinajstić information content (AvgIpc) is 2.24. The third kappa shape index (κ3) is 1.78. The highest BCUT2D eigenvalue weighted by Gasteiger charge is 2.45. The van der Waals surface area contributed by atoms with Crippen molar-refractivity contribution in [3.63, 3.8) is 0 Å². The van der Waals surface area contributed by atoms with Crippen molar-refractivity contribution in [2.24, 2.45) is 11.8 Å². The molecule has 0 aromatic rings. The molecule has 2 saturated carbocycles. The van der Waals surface area contributed by atoms with Gasteiger partial charge in [0, 0.05) is 0 Å². The molecule has 0 aromatic carbocycles. The van der Waals surface area contributed by atoms with Crippen molar-refractivity contribution in [2.45, 2.75) is 50.5 Å². The molecule has 0 amide bonds. The lowest BCUT2D eigenvalue weighted by atomic mass is 9.61. The molecule has 1 N–H and O–H groups in total. The number of aliphatic hydroxyl groups is 1. The van der Waals surface area contributed by atoms with Gasteiger partial charge in [-0.05, 0) is 49.5 Å². The maximum Gasteiger partial charge on any atom is 0.0884 e. The molecule has 0 radical (unpaired) electrons. The fourth-order valence-corrected chi connectivity index (χ4v) is 3.43. The van der Waals surface area contributed by atoms with E-state index >= 15 is 0 Å². The zero-order valence-corrected chi connectivity index (χ0v) is 9.54. The van der Waals surface area contributed by atoms with Gasteiger partial charge in [-0.1, -0.05) is 25.5 Å². The summed E-state index contributed by atoms with van der Waals surface area (Å²) in [4.78, 5) is 0. The minimum absolute atomic E-state index is 0.474. The summed E-state index contributed by atoms with van der Waals surface area (Å²) < 4.78 is 0. The first-order valence-corrected chi connectivity index (χ1v) is 6.21. The molecule has 0 heterocycles. The highest BCUT2D eigenvalue weighted by molar-refractivity contribution is 5.22. The van der Waals surface area contributed by atoms with Gasteiger partial charge in [-0.15, -0.1) is 6.58 Å². The van der Waals surface area contributed by atoms with Crippen LogP contribution in [0.3, 0.4) is 0 Å². The van der Waals surface area contributed by atoms with Gasteiger partial charge < -0.3 is 5.11 Å². The second-order valence-electron chi connectivity index (χ2n) is 5.19. The van der Waals surface area contributed by atoms with Gasteiger partial charge in [0.1, 0.15) is 0 Å². The summed E-state index contributed by atoms with van der Waals surface area (Å²) in [6.45, 7) is 7.97. The molecule has 2 aliphatic rings. The minimum Gasteiger partial charge on any atom is -0.385 e. The van der Waals surface area contributed by atoms with Crippen LogP contribution in [0.25, 0.3) is 0 Å². The van der Waals surface area contributed by atoms with Crippen molar-refractivity contribution in [2.75, 3.05) is 0 Å². The second kappa shape index (κ2) is 4.13. The van der Waals surface area contributed by atoms with E-state index in [0.29, 0.717) is 11.8 Å². The fourth-order valence-electron chi connectivity index (χ4n) is 3.43. The summed E-state index contributed by atoms with van der Waals surface area (Å²) in [7, 11) is 0. The van der Waals surface area contributed by atoms with Gasteiger partial charge in [-0.2, -0.15) is 0 Å². The normalized spacial score (nSPS) is 41.0. The lowest BCUT2D eigenvalue weighted by Crippen LogP contribution is -2.47. The van der Waals surface area contributed by atoms with Crippen LogP contribution in [0, 0.1) is 11.8 Å². The predicted octanol–water partition coefficient (Wildman–Crippen LogP) is 3.45. The van der Waals surface area contributed by atoms with Gasteiger partial charge >= 0.3 is 0 Å². The van der Waals surface area contributed by atoms with Gasteiger partial charge in [-0.3, -0.25) is 0 Å². The van der Waals surface area contributed by atoms with Crippen LogP contribution in [-0.2, 0) is 0 Å². The Labute approximate surface area is 92.9 Å². The largest absolute Gasteiger partial charge is 0.385 e. The van der Waals surface area contributed by atoms with E-state index in [9.17, 15) is 5.11 Å². The van der Waals surface area contributed by atoms with E-state index in [0.717, 1.165) is 24.8 Å². The molecule has 0 spiro atoms. The maximum atomic E-state index is 10.7. The van der Waals surface area contributed by atoms with E-state index in [1.807, 2.05) is 6.08 Å². The lowest BCUT2D eigenvalue weighted by molar-refractivity contribution is -0.0434. The summed E-state index contributed by atoms with van der Waals surface area (Å²) in [5.41, 5.74) is 0.558. The van der Waals surface area contributed by atoms with Crippen molar-refractivity contribution in [1.82, 2.24) is 0 Å². The summed E-state index contributed by atoms with van der Waals surface area (Å²) >= 11 is 0. The Hall–Kier alpha value is -0.560. The van der Waals surface area contributed by atoms with Gasteiger partial charge in [0.15, 0.2) is 0 Å². The number of fused-ring (bicyclic) bond motifs is 1. The number of rotatable bonds is 2. The summed E-state index contributed by atoms with van der Waals surface area (Å²) in [6, 6.07) is 0. The Morgan fingerprint density at radius 2 is 2.13 bits per heavy atom. The Morgan fingerprint density at radius 3 is 2.87 bits per heavy atom. The van der Waals surface area contributed by atoms with Crippen molar-refractivity contribution in [1.29, 1.82) is 0 Å². The Morgan fingerprint density at radius 1 is 1.33 bits per heavy atom. The highest BCUT2D eigenvalue weighted by atomic mass is 16.3. The van der Waals surface area contributed by atoms with Gasteiger partial charge in [-0.25, -0.2) is 0 Å². The van der Waals surface area contributed by atoms with Crippen molar-refractivity contribution < 1.29 is 5.11 Å². The van der Waals surface area contributed by atoms with E-state index in [2.05, 4.69) is 13.2 Å². The summed E-state index contributed by atoms with van der Waals surface area (Å²) in [5.74, 6) is 0.960. The van der Waals surface area contributed by atoms with Crippen LogP contribution < -0.4 is 0 Å². The molecule has 2 aliphatic carbocycles. The third-order valence-corrected chi connectivity index (χ3v) is 4.40. The monoisotopic (exact) mass is 206 g/mol. The van der Waals surface area contributed by atoms with E-state index in [-0.39, 0.29) is 0 Å². The Bertz CT molecular complexity index is 269. The molecule has 0 saturated heterocycles. The zero-order chi connectivity index (χ0) is 10.9. The van der Waals surface area contributed by atoms with Crippen LogP contribution in [0.1, 0.15) is 44.9 Å². The standard InChI is InChI=1S/C14H22O/c1-3-6-12-8-9-13-7-4-5-10-14(13,15)11(12)2/h3,12-13,15H,1-2,4-10H2/t12-,13-,14?/m0/s1. The van der Waals surface area contributed by atoms with Crippen LogP contribution in [-0.4, -0.2) is 10.7 Å². The Balaban J connectivity index is 2.16. The van der Waals surface area contributed by atoms with Crippen LogP contribution >= 0.6 is 0 Å². The Kier molecular flexibility index (Phi) is 3.01. The number of allylic oxidation sites excluding steroid dienone is 1. The highest BCUT2D eigenvalue weighted by Crippen LogP contribution is 2.49. The molecular formula is C14H22O. The van der Waals surface area contributed by atoms with Gasteiger partial charge in [0.05, 0.1) is 5.60 Å². The topological polar surface area (TPSA) is 20.2 Å². The predicted molar refractivity (Wildman–Crippen MR) is 63.6 cm³/mol. The first-order chi connectivity index (χ1) is 7.18. The zero-order valence-electron chi connectivity index (χ0n) is 9.54. The van der Waals surface area contributed by atoms with E-state index < -0.39 is 5.60 Å². The molecular weight excluding hydrogens is 184 g/mol. The summed E-state index contributed by atoms with van der Waals surface area (Å²) in [6.07, 6.45) is 9.88. The average molecular weight is 206 g/mol. The van der Waals surface area contributed by atoms with Gasteiger partial charge in [0.25, 0.3) is 0 Å².